The van der Waals surface area contributed by atoms with Crippen molar-refractivity contribution in [3.63, 3.8) is 0 Å². The number of pyridine rings is 2. The monoisotopic (exact) mass is 418 g/mol. The Morgan fingerprint density at radius 2 is 1.81 bits per heavy atom. The minimum Gasteiger partial charge on any atom is -0.382 e. The van der Waals surface area contributed by atoms with E-state index >= 15 is 0 Å². The van der Waals surface area contributed by atoms with E-state index in [1.807, 2.05) is 30.3 Å². The molecule has 0 amide bonds. The van der Waals surface area contributed by atoms with Gasteiger partial charge in [-0.1, -0.05) is 43.9 Å². The highest BCUT2D eigenvalue weighted by molar-refractivity contribution is 6.10. The lowest BCUT2D eigenvalue weighted by Crippen LogP contribution is -2.41. The van der Waals surface area contributed by atoms with Crippen molar-refractivity contribution in [2.24, 2.45) is 5.92 Å². The van der Waals surface area contributed by atoms with Gasteiger partial charge >= 0.3 is 0 Å². The number of rotatable bonds is 6. The van der Waals surface area contributed by atoms with Crippen molar-refractivity contribution in [2.75, 3.05) is 25.0 Å². The van der Waals surface area contributed by atoms with E-state index < -0.39 is 0 Å². The van der Waals surface area contributed by atoms with Crippen LogP contribution in [-0.4, -0.2) is 46.3 Å². The van der Waals surface area contributed by atoms with Crippen LogP contribution in [0.5, 0.6) is 0 Å². The average molecular weight is 419 g/mol. The molecule has 0 bridgehead atoms. The molecule has 0 atom stereocenters. The number of Topliss-reactive ketones (excluding diaryl/α,β-unsaturated/α-hetero) is 1. The molecule has 1 saturated carbocycles. The van der Waals surface area contributed by atoms with Gasteiger partial charge in [0.05, 0.1) is 6.54 Å². The summed E-state index contributed by atoms with van der Waals surface area (Å²) < 4.78 is 0. The van der Waals surface area contributed by atoms with Crippen molar-refractivity contribution in [1.29, 1.82) is 0 Å². The minimum absolute atomic E-state index is 0.108. The number of aromatic amines is 1. The number of hydrogen-bond donors (Lipinski definition) is 2. The van der Waals surface area contributed by atoms with E-state index in [4.69, 9.17) is 0 Å². The lowest BCUT2D eigenvalue weighted by Gasteiger charge is -2.32. The molecule has 5 rings (SSSR count). The van der Waals surface area contributed by atoms with E-state index in [1.165, 1.54) is 25.7 Å². The van der Waals surface area contributed by atoms with Crippen molar-refractivity contribution < 1.29 is 4.79 Å². The van der Waals surface area contributed by atoms with Gasteiger partial charge in [-0.2, -0.15) is 0 Å². The third-order valence-corrected chi connectivity index (χ3v) is 6.96. The number of ketones is 1. The first kappa shape index (κ1) is 20.2. The molecule has 6 heteroatoms. The van der Waals surface area contributed by atoms with E-state index in [0.29, 0.717) is 35.3 Å². The first-order chi connectivity index (χ1) is 15.2. The highest BCUT2D eigenvalue weighted by atomic mass is 16.1. The largest absolute Gasteiger partial charge is 0.382 e. The number of aromatic nitrogens is 2. The SMILES string of the molecule is O=C(CC1CCCC1)CN1CCC(Nc2ccnc3[nH]c(=O)c4ccccc4c23)CC1. The Labute approximate surface area is 182 Å². The lowest BCUT2D eigenvalue weighted by atomic mass is 9.99. The van der Waals surface area contributed by atoms with Gasteiger partial charge in [0, 0.05) is 53.6 Å². The van der Waals surface area contributed by atoms with Gasteiger partial charge < -0.3 is 10.3 Å². The summed E-state index contributed by atoms with van der Waals surface area (Å²) in [4.78, 5) is 34.4. The van der Waals surface area contributed by atoms with Crippen LogP contribution in [0.1, 0.15) is 44.9 Å². The second-order valence-corrected chi connectivity index (χ2v) is 9.17. The van der Waals surface area contributed by atoms with Gasteiger partial charge in [-0.3, -0.25) is 14.5 Å². The number of nitrogens with one attached hydrogen (secondary N) is 2. The van der Waals surface area contributed by atoms with E-state index in [1.54, 1.807) is 6.20 Å². The van der Waals surface area contributed by atoms with Crippen molar-refractivity contribution in [1.82, 2.24) is 14.9 Å². The van der Waals surface area contributed by atoms with E-state index in [2.05, 4.69) is 20.2 Å². The van der Waals surface area contributed by atoms with Crippen LogP contribution in [0.3, 0.4) is 0 Å². The number of carbonyl (C=O) groups is 1. The van der Waals surface area contributed by atoms with Gasteiger partial charge in [0.2, 0.25) is 0 Å². The Kier molecular flexibility index (Phi) is 5.72. The predicted octanol–water partition coefficient (Wildman–Crippen LogP) is 4.10. The van der Waals surface area contributed by atoms with Crippen molar-refractivity contribution in [2.45, 2.75) is 51.0 Å². The molecule has 2 aromatic heterocycles. The average Bonchev–Trinajstić information content (AvgIpc) is 3.28. The minimum atomic E-state index is -0.108. The number of likely N-dealkylation sites (tertiary alicyclic amines) is 1. The highest BCUT2D eigenvalue weighted by Crippen LogP contribution is 2.30. The fourth-order valence-electron chi connectivity index (χ4n) is 5.33. The summed E-state index contributed by atoms with van der Waals surface area (Å²) in [6.07, 6.45) is 9.57. The van der Waals surface area contributed by atoms with Crippen LogP contribution in [-0.2, 0) is 4.79 Å². The van der Waals surface area contributed by atoms with E-state index in [9.17, 15) is 9.59 Å². The Morgan fingerprint density at radius 3 is 2.58 bits per heavy atom. The number of fused-ring (bicyclic) bond motifs is 3. The van der Waals surface area contributed by atoms with Gasteiger partial charge in [-0.05, 0) is 30.9 Å². The third-order valence-electron chi connectivity index (χ3n) is 6.96. The molecule has 2 N–H and O–H groups in total. The van der Waals surface area contributed by atoms with Crippen molar-refractivity contribution in [3.8, 4) is 0 Å². The van der Waals surface area contributed by atoms with Gasteiger partial charge in [-0.25, -0.2) is 4.98 Å². The van der Waals surface area contributed by atoms with E-state index in [0.717, 1.165) is 48.8 Å². The topological polar surface area (TPSA) is 78.1 Å². The van der Waals surface area contributed by atoms with Gasteiger partial charge in [0.1, 0.15) is 11.4 Å². The zero-order chi connectivity index (χ0) is 21.2. The molecule has 0 radical (unpaired) electrons. The fourth-order valence-corrected chi connectivity index (χ4v) is 5.33. The number of hydrogen-bond acceptors (Lipinski definition) is 5. The maximum absolute atomic E-state index is 12.4. The molecule has 1 aliphatic heterocycles. The molecular formula is C25H30N4O2. The van der Waals surface area contributed by atoms with E-state index in [-0.39, 0.29) is 5.56 Å². The zero-order valence-electron chi connectivity index (χ0n) is 17.9. The second kappa shape index (κ2) is 8.79. The molecule has 3 aromatic rings. The number of piperidine rings is 1. The maximum atomic E-state index is 12.4. The van der Waals surface area contributed by atoms with Crippen LogP contribution >= 0.6 is 0 Å². The first-order valence-corrected chi connectivity index (χ1v) is 11.6. The molecule has 3 heterocycles. The molecule has 2 fully saturated rings. The Morgan fingerprint density at radius 1 is 1.06 bits per heavy atom. The van der Waals surface area contributed by atoms with Crippen molar-refractivity contribution >= 4 is 33.3 Å². The number of carbonyl (C=O) groups excluding carboxylic acids is 1. The number of H-pyrrole nitrogens is 1. The fraction of sp³-hybridized carbons (Fsp3) is 0.480. The van der Waals surface area contributed by atoms with Crippen LogP contribution in [0.4, 0.5) is 5.69 Å². The normalized spacial score (nSPS) is 18.7. The summed E-state index contributed by atoms with van der Waals surface area (Å²) >= 11 is 0. The van der Waals surface area contributed by atoms with Gasteiger partial charge in [-0.15, -0.1) is 0 Å². The summed E-state index contributed by atoms with van der Waals surface area (Å²) in [6.45, 7) is 2.48. The standard InChI is InChI=1S/C25H30N4O2/c30-19(15-17-5-1-2-6-17)16-29-13-10-18(11-14-29)27-22-9-12-26-24-23(22)20-7-3-4-8-21(20)25(31)28-24/h3-4,7-9,12,17-18H,1-2,5-6,10-11,13-16H2,(H2,26,27,28,31). The molecule has 1 aromatic carbocycles. The maximum Gasteiger partial charge on any atom is 0.257 e. The Bertz CT molecular complexity index is 1140. The summed E-state index contributed by atoms with van der Waals surface area (Å²) in [5.74, 6) is 1.04. The molecule has 0 unspecified atom stereocenters. The van der Waals surface area contributed by atoms with Gasteiger partial charge in [0.15, 0.2) is 0 Å². The van der Waals surface area contributed by atoms with Crippen LogP contribution < -0.4 is 10.9 Å². The smallest absolute Gasteiger partial charge is 0.257 e. The van der Waals surface area contributed by atoms with Gasteiger partial charge in [0.25, 0.3) is 5.56 Å². The summed E-state index contributed by atoms with van der Waals surface area (Å²) in [7, 11) is 0. The number of nitrogens with zero attached hydrogens (tertiary/aromatic N) is 2. The van der Waals surface area contributed by atoms with Crippen LogP contribution in [0.15, 0.2) is 41.3 Å². The molecule has 1 aliphatic carbocycles. The highest BCUT2D eigenvalue weighted by Gasteiger charge is 2.24. The van der Waals surface area contributed by atoms with Crippen molar-refractivity contribution in [3.05, 3.63) is 46.9 Å². The van der Waals surface area contributed by atoms with Crippen LogP contribution in [0, 0.1) is 5.92 Å². The molecule has 2 aliphatic rings. The number of anilines is 1. The first-order valence-electron chi connectivity index (χ1n) is 11.6. The Balaban J connectivity index is 1.26. The second-order valence-electron chi connectivity index (χ2n) is 9.17. The molecule has 31 heavy (non-hydrogen) atoms. The van der Waals surface area contributed by atoms with Crippen LogP contribution in [0.2, 0.25) is 0 Å². The zero-order valence-corrected chi connectivity index (χ0v) is 17.9. The quantitative estimate of drug-likeness (QED) is 0.589. The molecule has 1 saturated heterocycles. The molecular weight excluding hydrogens is 388 g/mol. The molecule has 0 spiro atoms. The summed E-state index contributed by atoms with van der Waals surface area (Å²) in [5, 5.41) is 6.26. The molecule has 162 valence electrons. The third kappa shape index (κ3) is 4.35. The van der Waals surface area contributed by atoms with Crippen LogP contribution in [0.25, 0.3) is 21.8 Å². The summed E-state index contributed by atoms with van der Waals surface area (Å²) in [5.41, 5.74) is 1.51. The summed E-state index contributed by atoms with van der Waals surface area (Å²) in [6, 6.07) is 10.0. The number of benzene rings is 1. The predicted molar refractivity (Wildman–Crippen MR) is 125 cm³/mol. The Hall–Kier alpha value is -2.73. The lowest BCUT2D eigenvalue weighted by molar-refractivity contribution is -0.121. The molecule has 6 nitrogen and oxygen atoms in total.